The molecule has 5 aromatic rings. The van der Waals surface area contributed by atoms with Crippen LogP contribution in [0.3, 0.4) is 0 Å². The first kappa shape index (κ1) is 22.0. The highest BCUT2D eigenvalue weighted by Gasteiger charge is 2.18. The molecule has 7 heteroatoms. The molecular formula is C27H25N3O3S. The number of hydrogen-bond acceptors (Lipinski definition) is 5. The van der Waals surface area contributed by atoms with Crippen molar-refractivity contribution in [3.05, 3.63) is 102 Å². The molecule has 0 fully saturated rings. The van der Waals surface area contributed by atoms with E-state index in [0.29, 0.717) is 25.3 Å². The number of imidazole rings is 1. The fraction of sp³-hybridized carbons (Fsp3) is 0.185. The molecule has 0 aliphatic heterocycles. The molecule has 0 N–H and O–H groups in total. The minimum absolute atomic E-state index is 0.0214. The summed E-state index contributed by atoms with van der Waals surface area (Å²) in [4.78, 5) is 20.5. The van der Waals surface area contributed by atoms with Gasteiger partial charge in [0.25, 0.3) is 5.91 Å². The van der Waals surface area contributed by atoms with Crippen LogP contribution in [0.5, 0.6) is 5.75 Å². The van der Waals surface area contributed by atoms with E-state index in [2.05, 4.69) is 47.2 Å². The zero-order valence-corrected chi connectivity index (χ0v) is 19.7. The first-order valence-corrected chi connectivity index (χ1v) is 12.0. The van der Waals surface area contributed by atoms with E-state index in [1.165, 1.54) is 5.56 Å². The molecule has 6 nitrogen and oxygen atoms in total. The lowest BCUT2D eigenvalue weighted by atomic mass is 10.1. The van der Waals surface area contributed by atoms with Crippen LogP contribution in [0.1, 0.15) is 17.0 Å². The van der Waals surface area contributed by atoms with Crippen LogP contribution in [0.25, 0.3) is 16.2 Å². The van der Waals surface area contributed by atoms with Gasteiger partial charge < -0.3 is 14.1 Å². The number of aryl methyl sites for hydroxylation is 1. The van der Waals surface area contributed by atoms with Crippen LogP contribution in [0.2, 0.25) is 0 Å². The predicted octanol–water partition coefficient (Wildman–Crippen LogP) is 5.61. The van der Waals surface area contributed by atoms with Gasteiger partial charge in [0, 0.05) is 35.8 Å². The summed E-state index contributed by atoms with van der Waals surface area (Å²) in [5.41, 5.74) is 4.39. The Balaban J connectivity index is 1.30. The van der Waals surface area contributed by atoms with Crippen LogP contribution in [0.4, 0.5) is 0 Å². The molecule has 0 saturated carbocycles. The molecule has 0 atom stereocenters. The molecule has 0 aliphatic rings. The lowest BCUT2D eigenvalue weighted by Crippen LogP contribution is -2.36. The van der Waals surface area contributed by atoms with Crippen molar-refractivity contribution in [1.29, 1.82) is 0 Å². The Morgan fingerprint density at radius 3 is 2.68 bits per heavy atom. The summed E-state index contributed by atoms with van der Waals surface area (Å²) in [5, 5.41) is 2.11. The number of ether oxygens (including phenoxy) is 1. The van der Waals surface area contributed by atoms with E-state index in [1.54, 1.807) is 22.5 Å². The van der Waals surface area contributed by atoms with Crippen molar-refractivity contribution in [2.45, 2.75) is 19.9 Å². The molecule has 3 heterocycles. The van der Waals surface area contributed by atoms with Crippen LogP contribution < -0.4 is 4.74 Å². The van der Waals surface area contributed by atoms with Crippen molar-refractivity contribution in [2.75, 3.05) is 13.2 Å². The van der Waals surface area contributed by atoms with Gasteiger partial charge >= 0.3 is 0 Å². The summed E-state index contributed by atoms with van der Waals surface area (Å²) >= 11 is 1.61. The van der Waals surface area contributed by atoms with Gasteiger partial charge in [-0.3, -0.25) is 9.20 Å². The third kappa shape index (κ3) is 5.05. The van der Waals surface area contributed by atoms with Gasteiger partial charge in [0.15, 0.2) is 11.6 Å². The number of amides is 1. The van der Waals surface area contributed by atoms with Gasteiger partial charge in [-0.25, -0.2) is 4.98 Å². The van der Waals surface area contributed by atoms with E-state index in [4.69, 9.17) is 14.1 Å². The van der Waals surface area contributed by atoms with E-state index in [0.717, 1.165) is 27.7 Å². The summed E-state index contributed by atoms with van der Waals surface area (Å²) in [6, 6.07) is 21.5. The summed E-state index contributed by atoms with van der Waals surface area (Å²) in [6.45, 7) is 3.00. The van der Waals surface area contributed by atoms with Crippen molar-refractivity contribution in [1.82, 2.24) is 14.3 Å². The Kier molecular flexibility index (Phi) is 6.44. The second kappa shape index (κ2) is 9.97. The fourth-order valence-electron chi connectivity index (χ4n) is 3.76. The van der Waals surface area contributed by atoms with Crippen LogP contribution in [-0.4, -0.2) is 33.3 Å². The number of carbonyl (C=O) groups is 1. The maximum absolute atomic E-state index is 13.0. The number of benzene rings is 2. The number of thiazole rings is 1. The number of furan rings is 1. The van der Waals surface area contributed by atoms with Crippen molar-refractivity contribution in [3.63, 3.8) is 0 Å². The van der Waals surface area contributed by atoms with Gasteiger partial charge in [-0.2, -0.15) is 0 Å². The monoisotopic (exact) mass is 471 g/mol. The van der Waals surface area contributed by atoms with Gasteiger partial charge in [0.1, 0.15) is 11.5 Å². The smallest absolute Gasteiger partial charge is 0.260 e. The summed E-state index contributed by atoms with van der Waals surface area (Å²) < 4.78 is 13.3. The largest absolute Gasteiger partial charge is 0.484 e. The minimum Gasteiger partial charge on any atom is -0.484 e. The molecular weight excluding hydrogens is 446 g/mol. The number of rotatable bonds is 9. The normalized spacial score (nSPS) is 11.1. The second-order valence-electron chi connectivity index (χ2n) is 8.12. The molecule has 0 aliphatic carbocycles. The van der Waals surface area contributed by atoms with Gasteiger partial charge in [-0.1, -0.05) is 48.0 Å². The van der Waals surface area contributed by atoms with Crippen LogP contribution >= 0.6 is 11.3 Å². The molecule has 3 aromatic heterocycles. The van der Waals surface area contributed by atoms with Crippen LogP contribution in [0, 0.1) is 6.92 Å². The summed E-state index contributed by atoms with van der Waals surface area (Å²) in [5.74, 6) is 1.33. The number of aromatic nitrogens is 2. The highest BCUT2D eigenvalue weighted by Crippen LogP contribution is 2.24. The topological polar surface area (TPSA) is 60.0 Å². The van der Waals surface area contributed by atoms with E-state index in [9.17, 15) is 4.79 Å². The maximum Gasteiger partial charge on any atom is 0.260 e. The number of fused-ring (bicyclic) bond motifs is 1. The molecule has 0 bridgehead atoms. The Morgan fingerprint density at radius 1 is 1.09 bits per heavy atom. The molecule has 5 rings (SSSR count). The standard InChI is InChI=1S/C27H25N3O3S/c1-20-9-11-21(12-10-20)25-17-30-22(19-34-27(30)28-25)13-14-29(16-24-8-5-15-32-24)26(31)18-33-23-6-3-2-4-7-23/h2-12,15,17,19H,13-14,16,18H2,1H3. The lowest BCUT2D eigenvalue weighted by Gasteiger charge is -2.21. The van der Waals surface area contributed by atoms with Gasteiger partial charge in [0.05, 0.1) is 18.5 Å². The Bertz CT molecular complexity index is 1360. The van der Waals surface area contributed by atoms with Crippen molar-refractivity contribution >= 4 is 22.2 Å². The SMILES string of the molecule is Cc1ccc(-c2cn3c(CCN(Cc4ccco4)C(=O)COc4ccccc4)csc3n2)cc1. The average molecular weight is 472 g/mol. The third-order valence-corrected chi connectivity index (χ3v) is 6.54. The Labute approximate surface area is 202 Å². The van der Waals surface area contributed by atoms with E-state index in [1.807, 2.05) is 42.5 Å². The number of hydrogen-bond donors (Lipinski definition) is 0. The highest BCUT2D eigenvalue weighted by atomic mass is 32.1. The molecule has 2 aromatic carbocycles. The first-order chi connectivity index (χ1) is 16.7. The van der Waals surface area contributed by atoms with Crippen LogP contribution in [0.15, 0.2) is 89.0 Å². The third-order valence-electron chi connectivity index (χ3n) is 5.65. The average Bonchev–Trinajstić information content (AvgIpc) is 3.60. The molecule has 172 valence electrons. The zero-order chi connectivity index (χ0) is 23.3. The quantitative estimate of drug-likeness (QED) is 0.280. The van der Waals surface area contributed by atoms with Crippen molar-refractivity contribution in [3.8, 4) is 17.0 Å². The molecule has 0 saturated heterocycles. The first-order valence-electron chi connectivity index (χ1n) is 11.2. The van der Waals surface area contributed by atoms with E-state index >= 15 is 0 Å². The summed E-state index contributed by atoms with van der Waals surface area (Å²) in [6.07, 6.45) is 4.39. The molecule has 0 spiro atoms. The minimum atomic E-state index is -0.0855. The Hall–Kier alpha value is -3.84. The van der Waals surface area contributed by atoms with E-state index in [-0.39, 0.29) is 12.5 Å². The molecule has 1 amide bonds. The molecule has 0 unspecified atom stereocenters. The van der Waals surface area contributed by atoms with Gasteiger partial charge in [-0.15, -0.1) is 11.3 Å². The Morgan fingerprint density at radius 2 is 1.91 bits per heavy atom. The predicted molar refractivity (Wildman–Crippen MR) is 133 cm³/mol. The van der Waals surface area contributed by atoms with Gasteiger partial charge in [0.2, 0.25) is 0 Å². The summed E-state index contributed by atoms with van der Waals surface area (Å²) in [7, 11) is 0. The molecule has 0 radical (unpaired) electrons. The fourth-order valence-corrected chi connectivity index (χ4v) is 4.67. The second-order valence-corrected chi connectivity index (χ2v) is 8.95. The van der Waals surface area contributed by atoms with E-state index < -0.39 is 0 Å². The maximum atomic E-state index is 13.0. The van der Waals surface area contributed by atoms with Gasteiger partial charge in [-0.05, 0) is 31.2 Å². The van der Waals surface area contributed by atoms with Crippen molar-refractivity contribution < 1.29 is 13.9 Å². The number of carbonyl (C=O) groups excluding carboxylic acids is 1. The highest BCUT2D eigenvalue weighted by molar-refractivity contribution is 7.15. The lowest BCUT2D eigenvalue weighted by molar-refractivity contribution is -0.134. The number of nitrogens with zero attached hydrogens (tertiary/aromatic N) is 3. The zero-order valence-electron chi connectivity index (χ0n) is 18.9. The van der Waals surface area contributed by atoms with Crippen molar-refractivity contribution in [2.24, 2.45) is 0 Å². The number of para-hydroxylation sites is 1. The molecule has 34 heavy (non-hydrogen) atoms. The van der Waals surface area contributed by atoms with Crippen LogP contribution in [-0.2, 0) is 17.8 Å².